The molecule has 2 heterocycles. The highest BCUT2D eigenvalue weighted by Crippen LogP contribution is 2.35. The van der Waals surface area contributed by atoms with Gasteiger partial charge in [-0.3, -0.25) is 4.79 Å². The molecule has 2 rings (SSSR count). The number of hydrogen-bond acceptors (Lipinski definition) is 4. The van der Waals surface area contributed by atoms with E-state index in [-0.39, 0.29) is 12.5 Å². The lowest BCUT2D eigenvalue weighted by Gasteiger charge is -2.42. The number of amides is 1. The SMILES string of the molecule is CCC1(C(=O)N2CCOCC2C(=O)O)CCNCC1. The summed E-state index contributed by atoms with van der Waals surface area (Å²) in [5, 5.41) is 12.5. The van der Waals surface area contributed by atoms with Crippen molar-refractivity contribution in [2.24, 2.45) is 5.41 Å². The molecule has 6 heteroatoms. The molecule has 0 radical (unpaired) electrons. The summed E-state index contributed by atoms with van der Waals surface area (Å²) >= 11 is 0. The fourth-order valence-corrected chi connectivity index (χ4v) is 2.98. The number of nitrogens with one attached hydrogen (secondary N) is 1. The molecule has 0 bridgehead atoms. The van der Waals surface area contributed by atoms with E-state index in [2.05, 4.69) is 5.32 Å². The Morgan fingerprint density at radius 2 is 2.11 bits per heavy atom. The van der Waals surface area contributed by atoms with Crippen LogP contribution in [0.4, 0.5) is 0 Å². The van der Waals surface area contributed by atoms with Crippen molar-refractivity contribution in [2.75, 3.05) is 32.8 Å². The molecule has 0 aliphatic carbocycles. The third-order valence-corrected chi connectivity index (χ3v) is 4.37. The van der Waals surface area contributed by atoms with Crippen molar-refractivity contribution in [3.8, 4) is 0 Å². The minimum atomic E-state index is -0.978. The molecule has 2 N–H and O–H groups in total. The number of aliphatic carboxylic acids is 1. The highest BCUT2D eigenvalue weighted by atomic mass is 16.5. The molecule has 0 aromatic heterocycles. The number of nitrogens with zero attached hydrogens (tertiary/aromatic N) is 1. The summed E-state index contributed by atoms with van der Waals surface area (Å²) in [5.41, 5.74) is -0.393. The average molecular weight is 270 g/mol. The summed E-state index contributed by atoms with van der Waals surface area (Å²) in [5.74, 6) is -0.986. The molecule has 1 amide bonds. The summed E-state index contributed by atoms with van der Waals surface area (Å²) in [6.45, 7) is 4.56. The van der Waals surface area contributed by atoms with Crippen LogP contribution in [-0.2, 0) is 14.3 Å². The lowest BCUT2D eigenvalue weighted by atomic mass is 9.75. The van der Waals surface area contributed by atoms with E-state index in [0.29, 0.717) is 13.2 Å². The van der Waals surface area contributed by atoms with Crippen LogP contribution in [-0.4, -0.2) is 60.8 Å². The number of carboxylic acids is 1. The van der Waals surface area contributed by atoms with Crippen LogP contribution in [0.2, 0.25) is 0 Å². The summed E-state index contributed by atoms with van der Waals surface area (Å²) in [4.78, 5) is 25.6. The van der Waals surface area contributed by atoms with Gasteiger partial charge in [0.1, 0.15) is 0 Å². The third-order valence-electron chi connectivity index (χ3n) is 4.37. The topological polar surface area (TPSA) is 78.9 Å². The van der Waals surface area contributed by atoms with Gasteiger partial charge in [-0.15, -0.1) is 0 Å². The Morgan fingerprint density at radius 1 is 1.42 bits per heavy atom. The predicted molar refractivity (Wildman–Crippen MR) is 68.8 cm³/mol. The van der Waals surface area contributed by atoms with Crippen LogP contribution in [0, 0.1) is 5.41 Å². The molecule has 0 saturated carbocycles. The van der Waals surface area contributed by atoms with Crippen LogP contribution in [0.15, 0.2) is 0 Å². The molecule has 1 atom stereocenters. The van der Waals surface area contributed by atoms with Crippen molar-refractivity contribution in [3.63, 3.8) is 0 Å². The van der Waals surface area contributed by atoms with Gasteiger partial charge >= 0.3 is 5.97 Å². The number of ether oxygens (including phenoxy) is 1. The second-order valence-corrected chi connectivity index (χ2v) is 5.31. The van der Waals surface area contributed by atoms with E-state index >= 15 is 0 Å². The molecular formula is C13H22N2O4. The van der Waals surface area contributed by atoms with Crippen LogP contribution in [0.5, 0.6) is 0 Å². The Bertz CT molecular complexity index is 353. The zero-order valence-electron chi connectivity index (χ0n) is 11.4. The van der Waals surface area contributed by atoms with E-state index in [9.17, 15) is 14.7 Å². The van der Waals surface area contributed by atoms with Crippen molar-refractivity contribution in [1.82, 2.24) is 10.2 Å². The highest BCUT2D eigenvalue weighted by molar-refractivity contribution is 5.88. The van der Waals surface area contributed by atoms with Crippen LogP contribution in [0.3, 0.4) is 0 Å². The molecule has 1 unspecified atom stereocenters. The van der Waals surface area contributed by atoms with Crippen LogP contribution in [0.25, 0.3) is 0 Å². The summed E-state index contributed by atoms with van der Waals surface area (Å²) < 4.78 is 5.19. The number of piperidine rings is 1. The normalized spacial score (nSPS) is 27.0. The van der Waals surface area contributed by atoms with Gasteiger partial charge in [0.25, 0.3) is 0 Å². The zero-order chi connectivity index (χ0) is 13.9. The van der Waals surface area contributed by atoms with E-state index in [1.54, 1.807) is 0 Å². The lowest BCUT2D eigenvalue weighted by molar-refractivity contribution is -0.165. The van der Waals surface area contributed by atoms with E-state index in [1.807, 2.05) is 6.92 Å². The third kappa shape index (κ3) is 2.74. The van der Waals surface area contributed by atoms with Gasteiger partial charge < -0.3 is 20.1 Å². The van der Waals surface area contributed by atoms with Crippen molar-refractivity contribution in [2.45, 2.75) is 32.2 Å². The molecule has 6 nitrogen and oxygen atoms in total. The zero-order valence-corrected chi connectivity index (χ0v) is 11.4. The first-order chi connectivity index (χ1) is 9.10. The van der Waals surface area contributed by atoms with E-state index in [0.717, 1.165) is 32.4 Å². The quantitative estimate of drug-likeness (QED) is 0.759. The Morgan fingerprint density at radius 3 is 2.68 bits per heavy atom. The molecule has 2 aliphatic heterocycles. The minimum Gasteiger partial charge on any atom is -0.480 e. The van der Waals surface area contributed by atoms with Gasteiger partial charge in [-0.2, -0.15) is 0 Å². The van der Waals surface area contributed by atoms with Gasteiger partial charge in [0, 0.05) is 6.54 Å². The number of carboxylic acid groups (broad SMARTS) is 1. The molecule has 2 saturated heterocycles. The largest absolute Gasteiger partial charge is 0.480 e. The first-order valence-corrected chi connectivity index (χ1v) is 6.93. The summed E-state index contributed by atoms with van der Waals surface area (Å²) in [7, 11) is 0. The van der Waals surface area contributed by atoms with Crippen LogP contribution >= 0.6 is 0 Å². The molecule has 0 aromatic carbocycles. The molecule has 108 valence electrons. The Labute approximate surface area is 113 Å². The first-order valence-electron chi connectivity index (χ1n) is 6.93. The van der Waals surface area contributed by atoms with Crippen LogP contribution < -0.4 is 5.32 Å². The highest BCUT2D eigenvalue weighted by Gasteiger charge is 2.44. The van der Waals surface area contributed by atoms with Crippen LogP contribution in [0.1, 0.15) is 26.2 Å². The van der Waals surface area contributed by atoms with Gasteiger partial charge in [-0.1, -0.05) is 6.92 Å². The molecule has 2 fully saturated rings. The van der Waals surface area contributed by atoms with Gasteiger partial charge in [0.05, 0.1) is 18.6 Å². The Hall–Kier alpha value is -1.14. The van der Waals surface area contributed by atoms with E-state index in [4.69, 9.17) is 4.74 Å². The van der Waals surface area contributed by atoms with Crippen molar-refractivity contribution < 1.29 is 19.4 Å². The van der Waals surface area contributed by atoms with Crippen molar-refractivity contribution >= 4 is 11.9 Å². The molecule has 19 heavy (non-hydrogen) atoms. The number of carbonyl (C=O) groups is 2. The lowest BCUT2D eigenvalue weighted by Crippen LogP contribution is -2.58. The maximum atomic E-state index is 12.8. The standard InChI is InChI=1S/C13H22N2O4/c1-2-13(3-5-14-6-4-13)12(18)15-7-8-19-9-10(15)11(16)17/h10,14H,2-9H2,1H3,(H,16,17). The molecule has 0 aromatic rings. The molecular weight excluding hydrogens is 248 g/mol. The monoisotopic (exact) mass is 270 g/mol. The number of hydrogen-bond donors (Lipinski definition) is 2. The Balaban J connectivity index is 2.17. The fourth-order valence-electron chi connectivity index (χ4n) is 2.98. The maximum absolute atomic E-state index is 12.8. The van der Waals surface area contributed by atoms with Gasteiger partial charge in [0.15, 0.2) is 6.04 Å². The first kappa shape index (κ1) is 14.3. The van der Waals surface area contributed by atoms with E-state index in [1.165, 1.54) is 4.90 Å². The molecule has 2 aliphatic rings. The Kier molecular flexibility index (Phi) is 4.42. The van der Waals surface area contributed by atoms with E-state index < -0.39 is 17.4 Å². The minimum absolute atomic E-state index is 0.00722. The van der Waals surface area contributed by atoms with Gasteiger partial charge in [0.2, 0.25) is 5.91 Å². The summed E-state index contributed by atoms with van der Waals surface area (Å²) in [6, 6.07) is -0.834. The van der Waals surface area contributed by atoms with Crippen molar-refractivity contribution in [1.29, 1.82) is 0 Å². The van der Waals surface area contributed by atoms with Crippen molar-refractivity contribution in [3.05, 3.63) is 0 Å². The number of rotatable bonds is 3. The predicted octanol–water partition coefficient (Wildman–Crippen LogP) is 0.0782. The fraction of sp³-hybridized carbons (Fsp3) is 0.846. The average Bonchev–Trinajstić information content (AvgIpc) is 2.47. The van der Waals surface area contributed by atoms with Gasteiger partial charge in [-0.05, 0) is 32.4 Å². The summed E-state index contributed by atoms with van der Waals surface area (Å²) in [6.07, 6.45) is 2.33. The second kappa shape index (κ2) is 5.88. The van der Waals surface area contributed by atoms with Gasteiger partial charge in [-0.25, -0.2) is 4.79 Å². The number of morpholine rings is 1. The molecule has 0 spiro atoms. The maximum Gasteiger partial charge on any atom is 0.328 e. The second-order valence-electron chi connectivity index (χ2n) is 5.31. The smallest absolute Gasteiger partial charge is 0.328 e. The number of carbonyl (C=O) groups excluding carboxylic acids is 1.